The quantitative estimate of drug-likeness (QED) is 0.613. The number of allylic oxidation sites excluding steroid dienone is 1. The Balaban J connectivity index is 2.35. The summed E-state index contributed by atoms with van der Waals surface area (Å²) in [5.41, 5.74) is -0.654. The molecule has 96 valence electrons. The number of benzene rings is 1. The van der Waals surface area contributed by atoms with E-state index in [-0.39, 0.29) is 5.56 Å². The first-order valence-electron chi connectivity index (χ1n) is 5.41. The predicted octanol–water partition coefficient (Wildman–Crippen LogP) is 3.02. The van der Waals surface area contributed by atoms with Gasteiger partial charge in [0.1, 0.15) is 11.6 Å². The van der Waals surface area contributed by atoms with Crippen LogP contribution in [0, 0.1) is 11.6 Å². The van der Waals surface area contributed by atoms with Crippen LogP contribution in [0.5, 0.6) is 0 Å². The van der Waals surface area contributed by atoms with Crippen molar-refractivity contribution in [3.05, 3.63) is 47.3 Å². The molecule has 0 spiro atoms. The fourth-order valence-electron chi connectivity index (χ4n) is 1.92. The van der Waals surface area contributed by atoms with Crippen LogP contribution in [0.3, 0.4) is 0 Å². The van der Waals surface area contributed by atoms with Gasteiger partial charge >= 0.3 is 5.97 Å². The molecule has 0 bridgehead atoms. The van der Waals surface area contributed by atoms with Crippen LogP contribution in [0.25, 0.3) is 0 Å². The van der Waals surface area contributed by atoms with Crippen LogP contribution in [0.15, 0.2) is 30.1 Å². The van der Waals surface area contributed by atoms with Crippen molar-refractivity contribution in [2.45, 2.75) is 18.3 Å². The molecule has 0 heterocycles. The van der Waals surface area contributed by atoms with Gasteiger partial charge in [0.15, 0.2) is 0 Å². The van der Waals surface area contributed by atoms with Gasteiger partial charge in [-0.25, -0.2) is 13.6 Å². The third-order valence-electron chi connectivity index (χ3n) is 3.04. The zero-order valence-electron chi connectivity index (χ0n) is 9.67. The lowest BCUT2D eigenvalue weighted by molar-refractivity contribution is -0.137. The Bertz CT molecular complexity index is 519. The van der Waals surface area contributed by atoms with Crippen molar-refractivity contribution in [3.8, 4) is 0 Å². The third kappa shape index (κ3) is 2.25. The lowest BCUT2D eigenvalue weighted by atomic mass is 9.94. The van der Waals surface area contributed by atoms with E-state index in [1.807, 2.05) is 0 Å². The molecule has 0 aromatic heterocycles. The first-order chi connectivity index (χ1) is 8.48. The maximum Gasteiger partial charge on any atom is 0.366 e. The minimum atomic E-state index is -1.09. The Hall–Kier alpha value is -1.78. The molecule has 0 saturated heterocycles. The summed E-state index contributed by atoms with van der Waals surface area (Å²) in [6.07, 6.45) is 2.08. The number of hydrogen-bond donors (Lipinski definition) is 0. The number of esters is 1. The maximum absolute atomic E-state index is 13.6. The van der Waals surface area contributed by atoms with Crippen LogP contribution in [0.1, 0.15) is 18.4 Å². The first-order valence-corrected chi connectivity index (χ1v) is 5.41. The molecule has 18 heavy (non-hydrogen) atoms. The second-order valence-electron chi connectivity index (χ2n) is 4.26. The van der Waals surface area contributed by atoms with Gasteiger partial charge in [-0.1, -0.05) is 6.07 Å². The van der Waals surface area contributed by atoms with Crippen molar-refractivity contribution in [1.29, 1.82) is 0 Å². The van der Waals surface area contributed by atoms with E-state index in [2.05, 4.69) is 4.74 Å². The van der Waals surface area contributed by atoms with Gasteiger partial charge < -0.3 is 4.74 Å². The van der Waals surface area contributed by atoms with E-state index >= 15 is 0 Å². The van der Waals surface area contributed by atoms with E-state index in [1.165, 1.54) is 6.07 Å². The molecule has 0 atom stereocenters. The van der Waals surface area contributed by atoms with E-state index < -0.39 is 28.8 Å². The van der Waals surface area contributed by atoms with E-state index in [4.69, 9.17) is 0 Å². The third-order valence-corrected chi connectivity index (χ3v) is 3.04. The van der Waals surface area contributed by atoms with Gasteiger partial charge in [-0.05, 0) is 30.5 Å². The molecular weight excluding hydrogens is 245 g/mol. The molecule has 2 rings (SSSR count). The smallest absolute Gasteiger partial charge is 0.366 e. The number of carbonyl (C=O) groups excluding carboxylic acids is 1. The summed E-state index contributed by atoms with van der Waals surface area (Å²) in [5.74, 6) is -3.58. The number of carbonyl (C=O) groups is 1. The Morgan fingerprint density at radius 2 is 2.06 bits per heavy atom. The summed E-state index contributed by atoms with van der Waals surface area (Å²) >= 11 is 0. The number of rotatable bonds is 3. The van der Waals surface area contributed by atoms with Gasteiger partial charge in [0.25, 0.3) is 0 Å². The Kier molecular flexibility index (Phi) is 3.15. The second-order valence-corrected chi connectivity index (χ2v) is 4.26. The minimum Gasteiger partial charge on any atom is -0.464 e. The molecule has 1 fully saturated rings. The standard InChI is InChI=1S/C13H11F3O2/c1-18-12(17)11(16)7-13(4-5-13)9-3-2-8(14)6-10(9)15/h2-3,6-7H,4-5H2,1H3/b11-7-. The van der Waals surface area contributed by atoms with E-state index in [1.54, 1.807) is 0 Å². The molecule has 0 unspecified atom stereocenters. The molecule has 0 amide bonds. The maximum atomic E-state index is 13.6. The molecule has 0 aliphatic heterocycles. The van der Waals surface area contributed by atoms with Crippen molar-refractivity contribution in [1.82, 2.24) is 0 Å². The number of halogens is 3. The highest BCUT2D eigenvalue weighted by Gasteiger charge is 2.45. The Morgan fingerprint density at radius 3 is 2.56 bits per heavy atom. The first kappa shape index (κ1) is 12.7. The van der Waals surface area contributed by atoms with Crippen LogP contribution in [0.2, 0.25) is 0 Å². The van der Waals surface area contributed by atoms with Crippen LogP contribution in [-0.4, -0.2) is 13.1 Å². The summed E-state index contributed by atoms with van der Waals surface area (Å²) < 4.78 is 44.1. The van der Waals surface area contributed by atoms with Gasteiger partial charge in [0.2, 0.25) is 5.83 Å². The average molecular weight is 256 g/mol. The van der Waals surface area contributed by atoms with Crippen molar-refractivity contribution in [2.75, 3.05) is 7.11 Å². The van der Waals surface area contributed by atoms with Crippen molar-refractivity contribution in [2.24, 2.45) is 0 Å². The molecule has 2 nitrogen and oxygen atoms in total. The summed E-state index contributed by atoms with van der Waals surface area (Å²) in [6.45, 7) is 0. The largest absolute Gasteiger partial charge is 0.464 e. The average Bonchev–Trinajstić information content (AvgIpc) is 3.08. The summed E-state index contributed by atoms with van der Waals surface area (Å²) in [5, 5.41) is 0. The molecule has 0 N–H and O–H groups in total. The molecule has 1 aromatic carbocycles. The monoisotopic (exact) mass is 256 g/mol. The SMILES string of the molecule is COC(=O)/C(F)=C/C1(c2ccc(F)cc2F)CC1. The molecule has 1 saturated carbocycles. The van der Waals surface area contributed by atoms with Crippen LogP contribution >= 0.6 is 0 Å². The highest BCUT2D eigenvalue weighted by molar-refractivity contribution is 5.86. The molecular formula is C13H11F3O2. The van der Waals surface area contributed by atoms with Crippen LogP contribution < -0.4 is 0 Å². The fourth-order valence-corrected chi connectivity index (χ4v) is 1.92. The topological polar surface area (TPSA) is 26.3 Å². The minimum absolute atomic E-state index is 0.197. The molecule has 1 aliphatic rings. The van der Waals surface area contributed by atoms with Gasteiger partial charge in [-0.15, -0.1) is 0 Å². The Morgan fingerprint density at radius 1 is 1.39 bits per heavy atom. The molecule has 1 aromatic rings. The highest BCUT2D eigenvalue weighted by Crippen LogP contribution is 2.51. The lowest BCUT2D eigenvalue weighted by Gasteiger charge is -2.12. The Labute approximate surface area is 102 Å². The fraction of sp³-hybridized carbons (Fsp3) is 0.308. The van der Waals surface area contributed by atoms with Crippen molar-refractivity contribution < 1.29 is 22.7 Å². The second kappa shape index (κ2) is 4.48. The predicted molar refractivity (Wildman–Crippen MR) is 58.5 cm³/mol. The van der Waals surface area contributed by atoms with Crippen LogP contribution in [0.4, 0.5) is 13.2 Å². The number of hydrogen-bond acceptors (Lipinski definition) is 2. The van der Waals surface area contributed by atoms with E-state index in [0.29, 0.717) is 12.8 Å². The molecule has 5 heteroatoms. The molecule has 0 radical (unpaired) electrons. The van der Waals surface area contributed by atoms with Crippen molar-refractivity contribution in [3.63, 3.8) is 0 Å². The van der Waals surface area contributed by atoms with Crippen LogP contribution in [-0.2, 0) is 14.9 Å². The van der Waals surface area contributed by atoms with E-state index in [0.717, 1.165) is 25.3 Å². The van der Waals surface area contributed by atoms with Gasteiger partial charge in [-0.2, -0.15) is 4.39 Å². The number of methoxy groups -OCH3 is 1. The zero-order chi connectivity index (χ0) is 13.3. The zero-order valence-corrected chi connectivity index (χ0v) is 9.67. The van der Waals surface area contributed by atoms with E-state index in [9.17, 15) is 18.0 Å². The summed E-state index contributed by atoms with van der Waals surface area (Å²) in [7, 11) is 1.06. The summed E-state index contributed by atoms with van der Waals surface area (Å²) in [6, 6.07) is 3.14. The lowest BCUT2D eigenvalue weighted by Crippen LogP contribution is -2.10. The normalized spacial score (nSPS) is 17.4. The van der Waals surface area contributed by atoms with Crippen molar-refractivity contribution >= 4 is 5.97 Å². The van der Waals surface area contributed by atoms with Gasteiger partial charge in [0, 0.05) is 11.5 Å². The number of ether oxygens (including phenoxy) is 1. The molecule has 1 aliphatic carbocycles. The van der Waals surface area contributed by atoms with Gasteiger partial charge in [-0.3, -0.25) is 0 Å². The van der Waals surface area contributed by atoms with Gasteiger partial charge in [0.05, 0.1) is 7.11 Å². The summed E-state index contributed by atoms with van der Waals surface area (Å²) in [4.78, 5) is 11.0. The highest BCUT2D eigenvalue weighted by atomic mass is 19.1.